The molecule has 0 aliphatic heterocycles. The molecule has 42 heavy (non-hydrogen) atoms. The topological polar surface area (TPSA) is 178 Å². The Balaban J connectivity index is 0.000000420. The largest absolute Gasteiger partial charge is 0.510 e. The number of hydrogen-bond acceptors (Lipinski definition) is 10. The van der Waals surface area contributed by atoms with Crippen LogP contribution in [0.15, 0.2) is 91.9 Å². The van der Waals surface area contributed by atoms with E-state index in [0.29, 0.717) is 48.7 Å². The minimum Gasteiger partial charge on any atom is -0.510 e. The van der Waals surface area contributed by atoms with Crippen molar-refractivity contribution in [2.24, 2.45) is 20.5 Å². The molecule has 2 amide bonds. The highest BCUT2D eigenvalue weighted by molar-refractivity contribution is 5.93. The van der Waals surface area contributed by atoms with Gasteiger partial charge in [-0.2, -0.15) is 20.8 Å². The van der Waals surface area contributed by atoms with E-state index in [1.54, 1.807) is 58.3 Å². The molecule has 0 aromatic heterocycles. The zero-order chi connectivity index (χ0) is 31.7. The molecule has 2 rings (SSSR count). The second kappa shape index (κ2) is 18.1. The molecule has 0 heterocycles. The van der Waals surface area contributed by atoms with E-state index < -0.39 is 0 Å². The lowest BCUT2D eigenvalue weighted by molar-refractivity contribution is -0.127. The third-order valence-electron chi connectivity index (χ3n) is 5.72. The lowest BCUT2D eigenvalue weighted by Gasteiger charge is -2.18. The number of allylic oxidation sites excluding steroid dienone is 2. The standard InChI is InChI=1S/2C15H18N4O2/c2*1-4-19(5-2)15(21)14(11(3)20)18-17-13-8-6-12(10-16)7-9-13/h2*6-9,20H,4-5H2,1-3H3/b2*14-11+,18-17?. The Bertz CT molecular complexity index is 1290. The first-order chi connectivity index (χ1) is 20.1. The van der Waals surface area contributed by atoms with Crippen molar-refractivity contribution in [3.8, 4) is 12.1 Å². The molecule has 0 fully saturated rings. The quantitative estimate of drug-likeness (QED) is 0.184. The van der Waals surface area contributed by atoms with Crippen LogP contribution in [-0.2, 0) is 9.59 Å². The van der Waals surface area contributed by atoms with E-state index >= 15 is 0 Å². The molecule has 0 unspecified atom stereocenters. The number of nitriles is 2. The molecule has 12 nitrogen and oxygen atoms in total. The third kappa shape index (κ3) is 10.7. The number of amides is 2. The first-order valence-corrected chi connectivity index (χ1v) is 13.3. The molecule has 220 valence electrons. The van der Waals surface area contributed by atoms with Crippen LogP contribution in [0.5, 0.6) is 0 Å². The molecule has 2 N–H and O–H groups in total. The van der Waals surface area contributed by atoms with E-state index in [-0.39, 0.29) is 34.7 Å². The molecule has 0 radical (unpaired) electrons. The molecule has 0 aliphatic rings. The van der Waals surface area contributed by atoms with Gasteiger partial charge in [0, 0.05) is 26.2 Å². The van der Waals surface area contributed by atoms with Crippen LogP contribution in [0.3, 0.4) is 0 Å². The number of rotatable bonds is 10. The van der Waals surface area contributed by atoms with Crippen LogP contribution in [0.25, 0.3) is 0 Å². The molecule has 0 atom stereocenters. The number of carbonyl (C=O) groups is 2. The van der Waals surface area contributed by atoms with Gasteiger partial charge in [-0.15, -0.1) is 10.2 Å². The van der Waals surface area contributed by atoms with Gasteiger partial charge in [0.2, 0.25) is 0 Å². The van der Waals surface area contributed by atoms with Gasteiger partial charge in [-0.25, -0.2) is 0 Å². The monoisotopic (exact) mass is 572 g/mol. The van der Waals surface area contributed by atoms with Crippen molar-refractivity contribution < 1.29 is 19.8 Å². The number of nitrogens with zero attached hydrogens (tertiary/aromatic N) is 8. The van der Waals surface area contributed by atoms with Gasteiger partial charge in [0.15, 0.2) is 11.4 Å². The van der Waals surface area contributed by atoms with Crippen molar-refractivity contribution in [2.45, 2.75) is 41.5 Å². The Hall–Kier alpha value is -5.36. The van der Waals surface area contributed by atoms with E-state index in [0.717, 1.165) is 0 Å². The first kappa shape index (κ1) is 34.7. The van der Waals surface area contributed by atoms with Crippen LogP contribution in [-0.4, -0.2) is 58.0 Å². The van der Waals surface area contributed by atoms with Crippen molar-refractivity contribution in [1.82, 2.24) is 9.80 Å². The first-order valence-electron chi connectivity index (χ1n) is 13.3. The number of aliphatic hydroxyl groups is 2. The second-order valence-corrected chi connectivity index (χ2v) is 8.54. The molecule has 2 aromatic carbocycles. The average molecular weight is 573 g/mol. The van der Waals surface area contributed by atoms with Gasteiger partial charge < -0.3 is 20.0 Å². The van der Waals surface area contributed by atoms with Crippen LogP contribution in [0.1, 0.15) is 52.7 Å². The van der Waals surface area contributed by atoms with Crippen molar-refractivity contribution in [2.75, 3.05) is 26.2 Å². The van der Waals surface area contributed by atoms with Gasteiger partial charge in [-0.3, -0.25) is 9.59 Å². The van der Waals surface area contributed by atoms with E-state index in [2.05, 4.69) is 20.5 Å². The highest BCUT2D eigenvalue weighted by Gasteiger charge is 2.19. The second-order valence-electron chi connectivity index (χ2n) is 8.54. The third-order valence-corrected chi connectivity index (χ3v) is 5.72. The maximum atomic E-state index is 12.2. The summed E-state index contributed by atoms with van der Waals surface area (Å²) in [5, 5.41) is 52.2. The summed E-state index contributed by atoms with van der Waals surface area (Å²) in [6, 6.07) is 16.9. The van der Waals surface area contributed by atoms with Crippen LogP contribution >= 0.6 is 0 Å². The van der Waals surface area contributed by atoms with Crippen molar-refractivity contribution >= 4 is 23.2 Å². The highest BCUT2D eigenvalue weighted by atomic mass is 16.3. The van der Waals surface area contributed by atoms with Crippen molar-refractivity contribution in [3.63, 3.8) is 0 Å². The molecule has 0 saturated heterocycles. The van der Waals surface area contributed by atoms with Crippen molar-refractivity contribution in [1.29, 1.82) is 10.5 Å². The molecule has 2 aromatic rings. The Labute approximate surface area is 246 Å². The summed E-state index contributed by atoms with van der Waals surface area (Å²) in [5.74, 6) is -1.08. The van der Waals surface area contributed by atoms with Gasteiger partial charge in [0.25, 0.3) is 11.8 Å². The van der Waals surface area contributed by atoms with E-state index in [1.807, 2.05) is 39.8 Å². The molecule has 12 heteroatoms. The van der Waals surface area contributed by atoms with E-state index in [4.69, 9.17) is 10.5 Å². The molecule has 0 saturated carbocycles. The van der Waals surface area contributed by atoms with E-state index in [9.17, 15) is 19.8 Å². The lowest BCUT2D eigenvalue weighted by Crippen LogP contribution is -2.31. The number of carbonyl (C=O) groups excluding carboxylic acids is 2. The van der Waals surface area contributed by atoms with Crippen LogP contribution in [0.2, 0.25) is 0 Å². The fourth-order valence-corrected chi connectivity index (χ4v) is 3.28. The Morgan fingerprint density at radius 3 is 1.14 bits per heavy atom. The SMILES string of the molecule is CCN(CC)C(=O)/C(N=Nc1ccc(C#N)cc1)=C(/C)O.CCN(CC)C(=O)/C(N=Nc1ccc(C#N)cc1)=C(/C)O. The summed E-state index contributed by atoms with van der Waals surface area (Å²) in [4.78, 5) is 27.5. The summed E-state index contributed by atoms with van der Waals surface area (Å²) in [5.41, 5.74) is 1.87. The fraction of sp³-hybridized carbons (Fsp3) is 0.333. The average Bonchev–Trinajstić information content (AvgIpc) is 2.99. The number of azo groups is 2. The zero-order valence-electron chi connectivity index (χ0n) is 24.7. The smallest absolute Gasteiger partial charge is 0.277 e. The normalized spacial score (nSPS) is 11.9. The summed E-state index contributed by atoms with van der Waals surface area (Å²) in [7, 11) is 0. The predicted molar refractivity (Wildman–Crippen MR) is 158 cm³/mol. The number of aliphatic hydroxyl groups excluding tert-OH is 2. The minimum absolute atomic E-state index is 0.0805. The van der Waals surface area contributed by atoms with Gasteiger partial charge >= 0.3 is 0 Å². The van der Waals surface area contributed by atoms with Gasteiger partial charge in [0.05, 0.1) is 34.6 Å². The maximum absolute atomic E-state index is 12.2. The number of hydrogen-bond donors (Lipinski definition) is 2. The maximum Gasteiger partial charge on any atom is 0.277 e. The van der Waals surface area contributed by atoms with Crippen LogP contribution in [0, 0.1) is 22.7 Å². The molecule has 0 bridgehead atoms. The Kier molecular flexibility index (Phi) is 14.9. The zero-order valence-corrected chi connectivity index (χ0v) is 24.7. The molecule has 0 spiro atoms. The van der Waals surface area contributed by atoms with Crippen LogP contribution in [0.4, 0.5) is 11.4 Å². The molecule has 0 aliphatic carbocycles. The summed E-state index contributed by atoms with van der Waals surface area (Å²) >= 11 is 0. The Morgan fingerprint density at radius 1 is 0.643 bits per heavy atom. The van der Waals surface area contributed by atoms with E-state index in [1.165, 1.54) is 13.8 Å². The summed E-state index contributed by atoms with van der Waals surface area (Å²) in [6.07, 6.45) is 0. The highest BCUT2D eigenvalue weighted by Crippen LogP contribution is 2.18. The summed E-state index contributed by atoms with van der Waals surface area (Å²) < 4.78 is 0. The minimum atomic E-state index is -0.364. The fourth-order valence-electron chi connectivity index (χ4n) is 3.28. The van der Waals surface area contributed by atoms with Gasteiger partial charge in [-0.1, -0.05) is 0 Å². The lowest BCUT2D eigenvalue weighted by atomic mass is 10.2. The van der Waals surface area contributed by atoms with Crippen LogP contribution < -0.4 is 0 Å². The summed E-state index contributed by atoms with van der Waals surface area (Å²) in [6.45, 7) is 12.3. The molecular weight excluding hydrogens is 536 g/mol. The van der Waals surface area contributed by atoms with Gasteiger partial charge in [-0.05, 0) is 90.1 Å². The van der Waals surface area contributed by atoms with Crippen molar-refractivity contribution in [3.05, 3.63) is 82.6 Å². The predicted octanol–water partition coefficient (Wildman–Crippen LogP) is 6.60. The Morgan fingerprint density at radius 2 is 0.929 bits per heavy atom. The molecular formula is C30H36N8O4. The number of likely N-dealkylation sites (N-methyl/N-ethyl adjacent to an activating group) is 2. The number of benzene rings is 2. The van der Waals surface area contributed by atoms with Gasteiger partial charge in [0.1, 0.15) is 11.5 Å².